The lowest BCUT2D eigenvalue weighted by molar-refractivity contribution is 0.646. The van der Waals surface area contributed by atoms with Gasteiger partial charge in [0, 0.05) is 4.88 Å². The van der Waals surface area contributed by atoms with Gasteiger partial charge in [-0.1, -0.05) is 49.7 Å². The number of thiophene rings is 1. The van der Waals surface area contributed by atoms with E-state index in [1.807, 2.05) is 6.92 Å². The van der Waals surface area contributed by atoms with Crippen LogP contribution in [0.1, 0.15) is 47.4 Å². The lowest BCUT2D eigenvalue weighted by atomic mass is 9.98. The van der Waals surface area contributed by atoms with Crippen LogP contribution in [-0.2, 0) is 0 Å². The number of hydrazine groups is 1. The highest BCUT2D eigenvalue weighted by molar-refractivity contribution is 7.10. The lowest BCUT2D eigenvalue weighted by Gasteiger charge is -2.16. The molecular formula is C15H19ClN2S. The molecule has 1 aromatic carbocycles. The van der Waals surface area contributed by atoms with E-state index >= 15 is 0 Å². The van der Waals surface area contributed by atoms with E-state index in [1.54, 1.807) is 11.3 Å². The highest BCUT2D eigenvalue weighted by atomic mass is 35.5. The number of rotatable bonds is 4. The molecule has 0 spiro atoms. The average Bonchev–Trinajstić information content (AvgIpc) is 2.73. The van der Waals surface area contributed by atoms with Crippen molar-refractivity contribution in [3.05, 3.63) is 56.2 Å². The summed E-state index contributed by atoms with van der Waals surface area (Å²) in [6.45, 7) is 6.39. The first-order valence-electron chi connectivity index (χ1n) is 6.34. The third-order valence-electron chi connectivity index (χ3n) is 3.29. The van der Waals surface area contributed by atoms with Crippen LogP contribution in [0.3, 0.4) is 0 Å². The molecule has 1 atom stereocenters. The van der Waals surface area contributed by atoms with Gasteiger partial charge >= 0.3 is 0 Å². The largest absolute Gasteiger partial charge is 0.271 e. The molecule has 2 aromatic rings. The van der Waals surface area contributed by atoms with Crippen molar-refractivity contribution in [2.24, 2.45) is 5.84 Å². The van der Waals surface area contributed by atoms with Crippen LogP contribution in [0.25, 0.3) is 0 Å². The van der Waals surface area contributed by atoms with E-state index in [0.29, 0.717) is 5.92 Å². The zero-order valence-electron chi connectivity index (χ0n) is 11.4. The smallest absolute Gasteiger partial charge is 0.0817 e. The summed E-state index contributed by atoms with van der Waals surface area (Å²) in [5.41, 5.74) is 6.42. The Morgan fingerprint density at radius 3 is 2.16 bits per heavy atom. The van der Waals surface area contributed by atoms with Crippen LogP contribution >= 0.6 is 22.9 Å². The third-order valence-corrected chi connectivity index (χ3v) is 5.07. The van der Waals surface area contributed by atoms with Gasteiger partial charge in [0.2, 0.25) is 0 Å². The molecule has 4 heteroatoms. The molecule has 0 aliphatic carbocycles. The van der Waals surface area contributed by atoms with Crippen molar-refractivity contribution in [2.45, 2.75) is 32.7 Å². The molecule has 0 fully saturated rings. The molecule has 1 heterocycles. The first kappa shape index (κ1) is 14.5. The summed E-state index contributed by atoms with van der Waals surface area (Å²) in [6.07, 6.45) is 0. The molecular weight excluding hydrogens is 276 g/mol. The van der Waals surface area contributed by atoms with Gasteiger partial charge in [-0.05, 0) is 34.9 Å². The van der Waals surface area contributed by atoms with Crippen molar-refractivity contribution in [3.63, 3.8) is 0 Å². The highest BCUT2D eigenvalue weighted by Gasteiger charge is 2.18. The number of hydrogen-bond acceptors (Lipinski definition) is 3. The zero-order valence-corrected chi connectivity index (χ0v) is 13.0. The summed E-state index contributed by atoms with van der Waals surface area (Å²) >= 11 is 7.97. The van der Waals surface area contributed by atoms with Gasteiger partial charge in [0.1, 0.15) is 0 Å². The Labute approximate surface area is 123 Å². The Morgan fingerprint density at radius 2 is 1.74 bits per heavy atom. The van der Waals surface area contributed by atoms with Crippen LogP contribution < -0.4 is 11.3 Å². The molecule has 1 unspecified atom stereocenters. The summed E-state index contributed by atoms with van der Waals surface area (Å²) in [5.74, 6) is 6.24. The average molecular weight is 295 g/mol. The van der Waals surface area contributed by atoms with Gasteiger partial charge < -0.3 is 0 Å². The van der Waals surface area contributed by atoms with Crippen LogP contribution in [0.15, 0.2) is 29.6 Å². The Kier molecular flexibility index (Phi) is 4.63. The fourth-order valence-electron chi connectivity index (χ4n) is 2.04. The predicted octanol–water partition coefficient (Wildman–Crippen LogP) is 4.39. The van der Waals surface area contributed by atoms with Crippen molar-refractivity contribution >= 4 is 22.9 Å². The van der Waals surface area contributed by atoms with Crippen molar-refractivity contribution < 1.29 is 0 Å². The quantitative estimate of drug-likeness (QED) is 0.648. The number of halogens is 1. The van der Waals surface area contributed by atoms with Crippen LogP contribution in [0, 0.1) is 6.92 Å². The molecule has 2 rings (SSSR count). The number of benzene rings is 1. The minimum absolute atomic E-state index is 0.0487. The standard InChI is InChI=1S/C15H19ClN2S/c1-9(2)11-4-6-12(7-5-11)14(18-17)15-13(16)10(3)8-19-15/h4-9,14,18H,17H2,1-3H3. The second-order valence-electron chi connectivity index (χ2n) is 5.02. The summed E-state index contributed by atoms with van der Waals surface area (Å²) in [5, 5.41) is 2.87. The first-order valence-corrected chi connectivity index (χ1v) is 7.59. The molecule has 2 nitrogen and oxygen atoms in total. The maximum Gasteiger partial charge on any atom is 0.0817 e. The lowest BCUT2D eigenvalue weighted by Crippen LogP contribution is -2.28. The fraction of sp³-hybridized carbons (Fsp3) is 0.333. The molecule has 0 radical (unpaired) electrons. The van der Waals surface area contributed by atoms with Crippen molar-refractivity contribution in [1.82, 2.24) is 5.43 Å². The molecule has 0 saturated heterocycles. The van der Waals surface area contributed by atoms with E-state index in [9.17, 15) is 0 Å². The van der Waals surface area contributed by atoms with Gasteiger partial charge in [-0.2, -0.15) is 0 Å². The van der Waals surface area contributed by atoms with Gasteiger partial charge in [0.05, 0.1) is 11.1 Å². The van der Waals surface area contributed by atoms with Gasteiger partial charge in [0.25, 0.3) is 0 Å². The summed E-state index contributed by atoms with van der Waals surface area (Å²) in [4.78, 5) is 1.07. The second kappa shape index (κ2) is 6.06. The van der Waals surface area contributed by atoms with Gasteiger partial charge in [-0.15, -0.1) is 11.3 Å². The third kappa shape index (κ3) is 3.00. The molecule has 1 aromatic heterocycles. The fourth-order valence-corrected chi connectivity index (χ4v) is 3.43. The monoisotopic (exact) mass is 294 g/mol. The van der Waals surface area contributed by atoms with Crippen molar-refractivity contribution in [3.8, 4) is 0 Å². The van der Waals surface area contributed by atoms with Crippen LogP contribution in [0.5, 0.6) is 0 Å². The predicted molar refractivity (Wildman–Crippen MR) is 83.8 cm³/mol. The molecule has 19 heavy (non-hydrogen) atoms. The Balaban J connectivity index is 2.34. The SMILES string of the molecule is Cc1csc(C(NN)c2ccc(C(C)C)cc2)c1Cl. The summed E-state index contributed by atoms with van der Waals surface area (Å²) < 4.78 is 0. The second-order valence-corrected chi connectivity index (χ2v) is 6.31. The minimum atomic E-state index is -0.0487. The van der Waals surface area contributed by atoms with Crippen molar-refractivity contribution in [2.75, 3.05) is 0 Å². The molecule has 0 bridgehead atoms. The summed E-state index contributed by atoms with van der Waals surface area (Å²) in [6, 6.07) is 8.49. The number of aryl methyl sites for hydroxylation is 1. The van der Waals surface area contributed by atoms with Crippen molar-refractivity contribution in [1.29, 1.82) is 0 Å². The number of hydrogen-bond donors (Lipinski definition) is 2. The van der Waals surface area contributed by atoms with Gasteiger partial charge in [-0.3, -0.25) is 5.84 Å². The van der Waals surface area contributed by atoms with Crippen LogP contribution in [0.4, 0.5) is 0 Å². The van der Waals surface area contributed by atoms with Gasteiger partial charge in [-0.25, -0.2) is 5.43 Å². The maximum absolute atomic E-state index is 6.33. The maximum atomic E-state index is 6.33. The molecule has 102 valence electrons. The number of nitrogens with one attached hydrogen (secondary N) is 1. The van der Waals surface area contributed by atoms with Crippen LogP contribution in [-0.4, -0.2) is 0 Å². The van der Waals surface area contributed by atoms with E-state index < -0.39 is 0 Å². The number of nitrogens with two attached hydrogens (primary N) is 1. The van der Waals surface area contributed by atoms with E-state index in [1.165, 1.54) is 5.56 Å². The Hall–Kier alpha value is -0.870. The molecule has 3 N–H and O–H groups in total. The normalized spacial score (nSPS) is 12.9. The van der Waals surface area contributed by atoms with E-state index in [2.05, 4.69) is 48.9 Å². The van der Waals surface area contributed by atoms with Crippen LogP contribution in [0.2, 0.25) is 5.02 Å². The Morgan fingerprint density at radius 1 is 1.16 bits per heavy atom. The highest BCUT2D eigenvalue weighted by Crippen LogP contribution is 2.35. The topological polar surface area (TPSA) is 38.0 Å². The van der Waals surface area contributed by atoms with E-state index in [-0.39, 0.29) is 6.04 Å². The zero-order chi connectivity index (χ0) is 14.0. The molecule has 0 amide bonds. The van der Waals surface area contributed by atoms with E-state index in [0.717, 1.165) is 21.0 Å². The molecule has 0 aliphatic rings. The Bertz CT molecular complexity index is 546. The molecule has 0 aliphatic heterocycles. The van der Waals surface area contributed by atoms with Gasteiger partial charge in [0.15, 0.2) is 0 Å². The molecule has 0 saturated carbocycles. The van der Waals surface area contributed by atoms with E-state index in [4.69, 9.17) is 17.4 Å². The first-order chi connectivity index (χ1) is 9.04. The minimum Gasteiger partial charge on any atom is -0.271 e. The summed E-state index contributed by atoms with van der Waals surface area (Å²) in [7, 11) is 0.